The van der Waals surface area contributed by atoms with Crippen LogP contribution in [0.15, 0.2) is 17.0 Å². The topological polar surface area (TPSA) is 47.5 Å². The Kier molecular flexibility index (Phi) is 4.47. The van der Waals surface area contributed by atoms with E-state index in [1.807, 2.05) is 18.5 Å². The van der Waals surface area contributed by atoms with E-state index >= 15 is 0 Å². The van der Waals surface area contributed by atoms with Gasteiger partial charge in [-0.25, -0.2) is 9.97 Å². The van der Waals surface area contributed by atoms with Crippen LogP contribution in [0.1, 0.15) is 15.7 Å². The van der Waals surface area contributed by atoms with E-state index in [1.165, 1.54) is 5.01 Å². The monoisotopic (exact) mass is 351 g/mol. The van der Waals surface area contributed by atoms with Gasteiger partial charge in [0.25, 0.3) is 0 Å². The first-order valence-corrected chi connectivity index (χ1v) is 9.67. The fourth-order valence-electron chi connectivity index (χ4n) is 3.62. The van der Waals surface area contributed by atoms with E-state index in [0.29, 0.717) is 12.5 Å². The lowest BCUT2D eigenvalue weighted by molar-refractivity contribution is 0.0172. The van der Waals surface area contributed by atoms with Gasteiger partial charge in [0.1, 0.15) is 5.01 Å². The molecule has 0 bridgehead atoms. The molecular weight excluding hydrogens is 330 g/mol. The summed E-state index contributed by atoms with van der Waals surface area (Å²) in [5.74, 6) is 0.569. The Hall–Kier alpha value is -0.860. The smallest absolute Gasteiger partial charge is 0.107 e. The first kappa shape index (κ1) is 15.7. The second-order valence-corrected chi connectivity index (χ2v) is 8.56. The van der Waals surface area contributed by atoms with Crippen molar-refractivity contribution in [2.45, 2.75) is 20.1 Å². The Morgan fingerprint density at radius 3 is 3.22 bits per heavy atom. The van der Waals surface area contributed by atoms with Crippen LogP contribution in [0.3, 0.4) is 0 Å². The van der Waals surface area contributed by atoms with Crippen molar-refractivity contribution in [1.82, 2.24) is 14.9 Å². The van der Waals surface area contributed by atoms with Crippen LogP contribution in [0.2, 0.25) is 0 Å². The van der Waals surface area contributed by atoms with Crippen molar-refractivity contribution in [3.63, 3.8) is 0 Å². The maximum Gasteiger partial charge on any atom is 0.107 e. The van der Waals surface area contributed by atoms with Crippen LogP contribution in [-0.2, 0) is 22.6 Å². The number of nitrogens with zero attached hydrogens (tertiary/aromatic N) is 3. The highest BCUT2D eigenvalue weighted by Gasteiger charge is 2.50. The van der Waals surface area contributed by atoms with Crippen molar-refractivity contribution in [3.05, 3.63) is 32.7 Å². The predicted octanol–water partition coefficient (Wildman–Crippen LogP) is 2.57. The Morgan fingerprint density at radius 1 is 1.48 bits per heavy atom. The van der Waals surface area contributed by atoms with E-state index in [0.717, 1.165) is 50.2 Å². The zero-order valence-corrected chi connectivity index (χ0v) is 14.9. The van der Waals surface area contributed by atoms with E-state index in [-0.39, 0.29) is 5.41 Å². The minimum absolute atomic E-state index is 0.141. The molecule has 2 aliphatic rings. The zero-order valence-electron chi connectivity index (χ0n) is 13.2. The van der Waals surface area contributed by atoms with Crippen LogP contribution in [0, 0.1) is 18.3 Å². The molecule has 2 aromatic heterocycles. The third-order valence-corrected chi connectivity index (χ3v) is 6.33. The van der Waals surface area contributed by atoms with Gasteiger partial charge in [-0.2, -0.15) is 0 Å². The maximum absolute atomic E-state index is 6.03. The molecule has 23 heavy (non-hydrogen) atoms. The molecule has 124 valence electrons. The molecule has 2 atom stereocenters. The highest BCUT2D eigenvalue weighted by atomic mass is 32.1. The van der Waals surface area contributed by atoms with Gasteiger partial charge in [-0.3, -0.25) is 4.90 Å². The van der Waals surface area contributed by atoms with Crippen molar-refractivity contribution in [1.29, 1.82) is 0 Å². The summed E-state index contributed by atoms with van der Waals surface area (Å²) < 4.78 is 11.8. The molecule has 0 aromatic carbocycles. The Morgan fingerprint density at radius 2 is 2.43 bits per heavy atom. The lowest BCUT2D eigenvalue weighted by Crippen LogP contribution is -2.35. The second kappa shape index (κ2) is 6.57. The van der Waals surface area contributed by atoms with E-state index in [1.54, 1.807) is 22.7 Å². The summed E-state index contributed by atoms with van der Waals surface area (Å²) in [4.78, 5) is 11.4. The lowest BCUT2D eigenvalue weighted by Gasteiger charge is -2.26. The van der Waals surface area contributed by atoms with Crippen molar-refractivity contribution < 1.29 is 9.47 Å². The van der Waals surface area contributed by atoms with Gasteiger partial charge < -0.3 is 9.47 Å². The van der Waals surface area contributed by atoms with Crippen molar-refractivity contribution >= 4 is 22.7 Å². The molecule has 0 spiro atoms. The molecule has 0 radical (unpaired) electrons. The van der Waals surface area contributed by atoms with Crippen molar-refractivity contribution in [3.8, 4) is 0 Å². The lowest BCUT2D eigenvalue weighted by atomic mass is 9.82. The highest BCUT2D eigenvalue weighted by Crippen LogP contribution is 2.42. The van der Waals surface area contributed by atoms with Crippen LogP contribution >= 0.6 is 22.7 Å². The van der Waals surface area contributed by atoms with Gasteiger partial charge in [0, 0.05) is 41.4 Å². The number of aromatic nitrogens is 2. The average Bonchev–Trinajstić information content (AvgIpc) is 3.25. The van der Waals surface area contributed by atoms with E-state index in [4.69, 9.17) is 9.47 Å². The van der Waals surface area contributed by atoms with Crippen LogP contribution < -0.4 is 0 Å². The Labute approximate surface area is 144 Å². The summed E-state index contributed by atoms with van der Waals surface area (Å²) in [5, 5.41) is 6.42. The van der Waals surface area contributed by atoms with Crippen LogP contribution in [0.5, 0.6) is 0 Å². The number of aryl methyl sites for hydroxylation is 1. The van der Waals surface area contributed by atoms with Crippen LogP contribution in [0.25, 0.3) is 0 Å². The number of ether oxygens (including phenoxy) is 2. The molecule has 2 saturated heterocycles. The fraction of sp³-hybridized carbons (Fsp3) is 0.625. The molecule has 2 fully saturated rings. The molecule has 0 saturated carbocycles. The molecule has 2 aliphatic heterocycles. The largest absolute Gasteiger partial charge is 0.380 e. The number of rotatable bonds is 6. The molecule has 0 aliphatic carbocycles. The van der Waals surface area contributed by atoms with Gasteiger partial charge in [-0.15, -0.1) is 22.7 Å². The number of hydrogen-bond donors (Lipinski definition) is 0. The first-order valence-electron chi connectivity index (χ1n) is 7.91. The average molecular weight is 351 g/mol. The maximum atomic E-state index is 6.03. The van der Waals surface area contributed by atoms with Gasteiger partial charge >= 0.3 is 0 Å². The molecule has 5 nitrogen and oxygen atoms in total. The number of fused-ring (bicyclic) bond motifs is 1. The van der Waals surface area contributed by atoms with Crippen molar-refractivity contribution in [2.75, 3.05) is 32.9 Å². The second-order valence-electron chi connectivity index (χ2n) is 6.52. The summed E-state index contributed by atoms with van der Waals surface area (Å²) >= 11 is 3.41. The molecule has 4 rings (SSSR count). The predicted molar refractivity (Wildman–Crippen MR) is 90.6 cm³/mol. The summed E-state index contributed by atoms with van der Waals surface area (Å²) in [5.41, 5.74) is 1.18. The van der Waals surface area contributed by atoms with Gasteiger partial charge in [-0.1, -0.05) is 0 Å². The van der Waals surface area contributed by atoms with Crippen LogP contribution in [-0.4, -0.2) is 47.8 Å². The summed E-state index contributed by atoms with van der Waals surface area (Å²) in [6.45, 7) is 8.11. The number of likely N-dealkylation sites (tertiary alicyclic amines) is 1. The summed E-state index contributed by atoms with van der Waals surface area (Å²) in [6.07, 6.45) is 1.88. The minimum Gasteiger partial charge on any atom is -0.380 e. The third kappa shape index (κ3) is 3.34. The van der Waals surface area contributed by atoms with Gasteiger partial charge in [0.05, 0.1) is 43.7 Å². The van der Waals surface area contributed by atoms with Crippen molar-refractivity contribution in [2.24, 2.45) is 11.3 Å². The molecule has 0 amide bonds. The quantitative estimate of drug-likeness (QED) is 0.800. The number of hydrogen-bond acceptors (Lipinski definition) is 7. The molecular formula is C16H21N3O2S2. The molecule has 0 unspecified atom stereocenters. The number of thiazole rings is 2. The van der Waals surface area contributed by atoms with E-state index in [9.17, 15) is 0 Å². The Balaban J connectivity index is 1.35. The summed E-state index contributed by atoms with van der Waals surface area (Å²) in [7, 11) is 0. The molecule has 0 N–H and O–H groups in total. The molecule has 7 heteroatoms. The SMILES string of the molecule is Cc1nc(COC[C@@]23COC[C@@H]2CN(Cc2nccs2)C3)cs1. The first-order chi connectivity index (χ1) is 11.2. The van der Waals surface area contributed by atoms with E-state index in [2.05, 4.69) is 20.2 Å². The summed E-state index contributed by atoms with van der Waals surface area (Å²) in [6, 6.07) is 0. The van der Waals surface area contributed by atoms with Gasteiger partial charge in [0.15, 0.2) is 0 Å². The van der Waals surface area contributed by atoms with Gasteiger partial charge in [-0.05, 0) is 6.92 Å². The highest BCUT2D eigenvalue weighted by molar-refractivity contribution is 7.09. The van der Waals surface area contributed by atoms with Crippen LogP contribution in [0.4, 0.5) is 0 Å². The zero-order chi connectivity index (χ0) is 15.7. The third-order valence-electron chi connectivity index (χ3n) is 4.74. The fourth-order valence-corrected chi connectivity index (χ4v) is 4.88. The molecule has 4 heterocycles. The normalized spacial score (nSPS) is 27.6. The van der Waals surface area contributed by atoms with E-state index < -0.39 is 0 Å². The standard InChI is InChI=1S/C16H21N3O2S2/c1-12-18-14(8-23-12)7-21-11-16-9-19(4-13(16)6-20-10-16)5-15-17-2-3-22-15/h2-3,8,13H,4-7,9-11H2,1H3/t13-,16+/m0/s1. The molecule has 2 aromatic rings. The minimum atomic E-state index is 0.141. The Bertz CT molecular complexity index is 646. The van der Waals surface area contributed by atoms with Gasteiger partial charge in [0.2, 0.25) is 0 Å².